The van der Waals surface area contributed by atoms with Crippen molar-refractivity contribution in [2.45, 2.75) is 6.92 Å². The lowest BCUT2D eigenvalue weighted by Crippen LogP contribution is -2.08. The smallest absolute Gasteiger partial charge is 0.340 e. The van der Waals surface area contributed by atoms with Gasteiger partial charge in [0.2, 0.25) is 0 Å². The maximum Gasteiger partial charge on any atom is 0.340 e. The van der Waals surface area contributed by atoms with Crippen molar-refractivity contribution in [3.63, 3.8) is 0 Å². The molecule has 0 saturated heterocycles. The number of nitrogens with two attached hydrogens (primary N) is 1. The van der Waals surface area contributed by atoms with Gasteiger partial charge in [-0.05, 0) is 19.1 Å². The molecule has 1 aromatic rings. The minimum atomic E-state index is -0.606. The summed E-state index contributed by atoms with van der Waals surface area (Å²) >= 11 is 0. The van der Waals surface area contributed by atoms with E-state index in [0.717, 1.165) is 0 Å². The van der Waals surface area contributed by atoms with Crippen LogP contribution in [0.15, 0.2) is 18.2 Å². The first-order valence-electron chi connectivity index (χ1n) is 3.88. The average molecular weight is 183 g/mol. The van der Waals surface area contributed by atoms with Gasteiger partial charge >= 0.3 is 5.97 Å². The normalized spacial score (nSPS) is 9.69. The Labute approximate surface area is 75.3 Å². The Morgan fingerprint density at radius 1 is 1.62 bits per heavy atom. The third-order valence-corrected chi connectivity index (χ3v) is 1.55. The van der Waals surface area contributed by atoms with Crippen LogP contribution in [0.5, 0.6) is 0 Å². The van der Waals surface area contributed by atoms with Crippen molar-refractivity contribution in [2.24, 2.45) is 0 Å². The van der Waals surface area contributed by atoms with E-state index in [2.05, 4.69) is 4.74 Å². The van der Waals surface area contributed by atoms with Crippen molar-refractivity contribution in [1.29, 1.82) is 0 Å². The molecule has 0 atom stereocenters. The molecule has 0 spiro atoms. The Morgan fingerprint density at radius 2 is 2.31 bits per heavy atom. The van der Waals surface area contributed by atoms with Crippen molar-refractivity contribution < 1.29 is 13.9 Å². The van der Waals surface area contributed by atoms with Gasteiger partial charge in [0.1, 0.15) is 5.82 Å². The number of hydrogen-bond acceptors (Lipinski definition) is 3. The lowest BCUT2D eigenvalue weighted by molar-refractivity contribution is 0.0527. The molecular formula is C9H10FNO2. The SMILES string of the molecule is CCOC(=O)c1cccc(F)c1N. The summed E-state index contributed by atoms with van der Waals surface area (Å²) in [4.78, 5) is 11.1. The van der Waals surface area contributed by atoms with Crippen LogP contribution in [0.2, 0.25) is 0 Å². The number of ether oxygens (including phenoxy) is 1. The van der Waals surface area contributed by atoms with Crippen LogP contribution in [0.4, 0.5) is 10.1 Å². The lowest BCUT2D eigenvalue weighted by atomic mass is 10.2. The second-order valence-corrected chi connectivity index (χ2v) is 2.42. The molecule has 0 aliphatic heterocycles. The first-order chi connectivity index (χ1) is 6.16. The van der Waals surface area contributed by atoms with Crippen LogP contribution < -0.4 is 5.73 Å². The maximum absolute atomic E-state index is 12.8. The molecule has 0 aliphatic carbocycles. The predicted octanol–water partition coefficient (Wildman–Crippen LogP) is 1.58. The minimum absolute atomic E-state index is 0.0712. The van der Waals surface area contributed by atoms with Gasteiger partial charge in [-0.15, -0.1) is 0 Å². The van der Waals surface area contributed by atoms with Crippen molar-refractivity contribution in [1.82, 2.24) is 0 Å². The van der Waals surface area contributed by atoms with E-state index in [9.17, 15) is 9.18 Å². The van der Waals surface area contributed by atoms with E-state index in [4.69, 9.17) is 5.73 Å². The molecule has 0 bridgehead atoms. The van der Waals surface area contributed by atoms with E-state index in [-0.39, 0.29) is 17.9 Å². The Bertz CT molecular complexity index is 325. The Hall–Kier alpha value is -1.58. The van der Waals surface area contributed by atoms with E-state index in [1.807, 2.05) is 0 Å². The molecule has 0 aromatic heterocycles. The topological polar surface area (TPSA) is 52.3 Å². The summed E-state index contributed by atoms with van der Waals surface area (Å²) in [5.41, 5.74) is 5.24. The van der Waals surface area contributed by atoms with Gasteiger partial charge in [-0.25, -0.2) is 9.18 Å². The largest absolute Gasteiger partial charge is 0.462 e. The fourth-order valence-electron chi connectivity index (χ4n) is 0.924. The molecule has 70 valence electrons. The standard InChI is InChI=1S/C9H10FNO2/c1-2-13-9(12)6-4-3-5-7(10)8(6)11/h3-5H,2,11H2,1H3. The molecule has 2 N–H and O–H groups in total. The summed E-state index contributed by atoms with van der Waals surface area (Å²) in [6.07, 6.45) is 0. The molecule has 0 heterocycles. The van der Waals surface area contributed by atoms with Crippen LogP contribution in [0, 0.1) is 5.82 Å². The number of nitrogen functional groups attached to an aromatic ring is 1. The molecule has 13 heavy (non-hydrogen) atoms. The highest BCUT2D eigenvalue weighted by Gasteiger charge is 2.12. The predicted molar refractivity (Wildman–Crippen MR) is 46.8 cm³/mol. The zero-order valence-corrected chi connectivity index (χ0v) is 7.21. The summed E-state index contributed by atoms with van der Waals surface area (Å²) in [7, 11) is 0. The third kappa shape index (κ3) is 1.96. The number of esters is 1. The highest BCUT2D eigenvalue weighted by Crippen LogP contribution is 2.16. The number of benzene rings is 1. The molecule has 0 aliphatic rings. The molecule has 1 rings (SSSR count). The second kappa shape index (κ2) is 3.89. The van der Waals surface area contributed by atoms with Crippen LogP contribution in [0.25, 0.3) is 0 Å². The minimum Gasteiger partial charge on any atom is -0.462 e. The number of halogens is 1. The summed E-state index contributed by atoms with van der Waals surface area (Å²) in [5, 5.41) is 0. The first kappa shape index (κ1) is 9.51. The van der Waals surface area contributed by atoms with Crippen molar-refractivity contribution >= 4 is 11.7 Å². The number of hydrogen-bond donors (Lipinski definition) is 1. The Morgan fingerprint density at radius 3 is 2.92 bits per heavy atom. The van der Waals surface area contributed by atoms with Crippen molar-refractivity contribution in [3.05, 3.63) is 29.6 Å². The van der Waals surface area contributed by atoms with Gasteiger partial charge in [0.25, 0.3) is 0 Å². The van der Waals surface area contributed by atoms with E-state index in [1.54, 1.807) is 6.92 Å². The molecule has 3 nitrogen and oxygen atoms in total. The van der Waals surface area contributed by atoms with E-state index in [1.165, 1.54) is 18.2 Å². The number of carbonyl (C=O) groups excluding carboxylic acids is 1. The van der Waals surface area contributed by atoms with Crippen LogP contribution in [0.3, 0.4) is 0 Å². The van der Waals surface area contributed by atoms with Crippen LogP contribution >= 0.6 is 0 Å². The lowest BCUT2D eigenvalue weighted by Gasteiger charge is -2.04. The van der Waals surface area contributed by atoms with Gasteiger partial charge < -0.3 is 10.5 Å². The summed E-state index contributed by atoms with van der Waals surface area (Å²) in [5.74, 6) is -1.20. The number of anilines is 1. The fraction of sp³-hybridized carbons (Fsp3) is 0.222. The number of rotatable bonds is 2. The van der Waals surface area contributed by atoms with E-state index >= 15 is 0 Å². The van der Waals surface area contributed by atoms with Gasteiger partial charge in [0.05, 0.1) is 17.9 Å². The molecular weight excluding hydrogens is 173 g/mol. The highest BCUT2D eigenvalue weighted by atomic mass is 19.1. The number of carbonyl (C=O) groups is 1. The third-order valence-electron chi connectivity index (χ3n) is 1.55. The Balaban J connectivity index is 3.01. The quantitative estimate of drug-likeness (QED) is 0.559. The molecule has 0 radical (unpaired) electrons. The number of para-hydroxylation sites is 1. The van der Waals surface area contributed by atoms with E-state index in [0.29, 0.717) is 0 Å². The monoisotopic (exact) mass is 183 g/mol. The Kier molecular flexibility index (Phi) is 2.84. The van der Waals surface area contributed by atoms with Crippen molar-refractivity contribution in [3.8, 4) is 0 Å². The zero-order chi connectivity index (χ0) is 9.84. The highest BCUT2D eigenvalue weighted by molar-refractivity contribution is 5.95. The van der Waals surface area contributed by atoms with Gasteiger partial charge in [0, 0.05) is 0 Å². The van der Waals surface area contributed by atoms with Gasteiger partial charge in [-0.3, -0.25) is 0 Å². The first-order valence-corrected chi connectivity index (χ1v) is 3.88. The summed E-state index contributed by atoms with van der Waals surface area (Å²) < 4.78 is 17.5. The maximum atomic E-state index is 12.8. The molecule has 1 aromatic carbocycles. The molecule has 0 amide bonds. The van der Waals surface area contributed by atoms with Gasteiger partial charge in [-0.1, -0.05) is 6.07 Å². The zero-order valence-electron chi connectivity index (χ0n) is 7.21. The summed E-state index contributed by atoms with van der Waals surface area (Å²) in [6, 6.07) is 4.03. The molecule has 0 saturated carbocycles. The van der Waals surface area contributed by atoms with Crippen molar-refractivity contribution in [2.75, 3.05) is 12.3 Å². The van der Waals surface area contributed by atoms with E-state index < -0.39 is 11.8 Å². The molecule has 0 unspecified atom stereocenters. The van der Waals surface area contributed by atoms with Gasteiger partial charge in [0.15, 0.2) is 0 Å². The van der Waals surface area contributed by atoms with Crippen LogP contribution in [-0.2, 0) is 4.74 Å². The second-order valence-electron chi connectivity index (χ2n) is 2.42. The van der Waals surface area contributed by atoms with Crippen LogP contribution in [-0.4, -0.2) is 12.6 Å². The average Bonchev–Trinajstić information content (AvgIpc) is 2.10. The fourth-order valence-corrected chi connectivity index (χ4v) is 0.924. The van der Waals surface area contributed by atoms with Crippen LogP contribution in [0.1, 0.15) is 17.3 Å². The van der Waals surface area contributed by atoms with Gasteiger partial charge in [-0.2, -0.15) is 0 Å². The summed E-state index contributed by atoms with van der Waals surface area (Å²) in [6.45, 7) is 1.92. The molecule has 4 heteroatoms. The molecule has 0 fully saturated rings.